The highest BCUT2D eigenvalue weighted by Crippen LogP contribution is 2.33. The molecular formula is C15H21N3O2. The number of allylic oxidation sites excluding steroid dienone is 2. The van der Waals surface area contributed by atoms with Gasteiger partial charge in [0.2, 0.25) is 11.8 Å². The van der Waals surface area contributed by atoms with E-state index in [4.69, 9.17) is 4.52 Å². The van der Waals surface area contributed by atoms with Crippen molar-refractivity contribution in [1.82, 2.24) is 15.0 Å². The molecule has 1 fully saturated rings. The first-order valence-electron chi connectivity index (χ1n) is 7.57. The van der Waals surface area contributed by atoms with Gasteiger partial charge in [0, 0.05) is 18.9 Å². The molecule has 20 heavy (non-hydrogen) atoms. The number of hydrogen-bond donors (Lipinski definition) is 0. The average Bonchev–Trinajstić information content (AvgIpc) is 3.15. The number of rotatable bonds is 3. The summed E-state index contributed by atoms with van der Waals surface area (Å²) in [6.45, 7) is 2.81. The Labute approximate surface area is 119 Å². The number of aryl methyl sites for hydroxylation is 1. The molecular weight excluding hydrogens is 254 g/mol. The molecule has 108 valence electrons. The highest BCUT2D eigenvalue weighted by Gasteiger charge is 2.36. The Morgan fingerprint density at radius 3 is 3.05 bits per heavy atom. The lowest BCUT2D eigenvalue weighted by atomic mass is 9.93. The van der Waals surface area contributed by atoms with Crippen LogP contribution < -0.4 is 0 Å². The molecule has 0 radical (unpaired) electrons. The summed E-state index contributed by atoms with van der Waals surface area (Å²) in [5.74, 6) is 1.73. The Balaban J connectivity index is 1.74. The minimum absolute atomic E-state index is 0.0115. The second kappa shape index (κ2) is 5.77. The van der Waals surface area contributed by atoms with E-state index in [-0.39, 0.29) is 17.9 Å². The molecule has 1 aromatic heterocycles. The van der Waals surface area contributed by atoms with Crippen molar-refractivity contribution in [3.63, 3.8) is 0 Å². The Kier molecular flexibility index (Phi) is 3.85. The summed E-state index contributed by atoms with van der Waals surface area (Å²) in [7, 11) is 0. The molecule has 0 spiro atoms. The molecule has 0 aromatic carbocycles. The Hall–Kier alpha value is -1.65. The first kappa shape index (κ1) is 13.3. The third kappa shape index (κ3) is 2.49. The van der Waals surface area contributed by atoms with Crippen LogP contribution in [0.1, 0.15) is 56.8 Å². The van der Waals surface area contributed by atoms with Gasteiger partial charge in [0.15, 0.2) is 5.82 Å². The van der Waals surface area contributed by atoms with E-state index in [1.54, 1.807) is 0 Å². The van der Waals surface area contributed by atoms with Gasteiger partial charge in [-0.15, -0.1) is 0 Å². The minimum Gasteiger partial charge on any atom is -0.339 e. The van der Waals surface area contributed by atoms with Crippen LogP contribution in [0.2, 0.25) is 0 Å². The molecule has 2 atom stereocenters. The number of nitrogens with zero attached hydrogens (tertiary/aromatic N) is 3. The van der Waals surface area contributed by atoms with Gasteiger partial charge in [-0.3, -0.25) is 4.79 Å². The predicted molar refractivity (Wildman–Crippen MR) is 73.8 cm³/mol. The summed E-state index contributed by atoms with van der Waals surface area (Å²) in [4.78, 5) is 19.0. The lowest BCUT2D eigenvalue weighted by molar-refractivity contribution is -0.136. The monoisotopic (exact) mass is 275 g/mol. The van der Waals surface area contributed by atoms with E-state index in [2.05, 4.69) is 22.3 Å². The molecule has 2 aliphatic rings. The fraction of sp³-hybridized carbons (Fsp3) is 0.667. The first-order chi connectivity index (χ1) is 9.79. The Bertz CT molecular complexity index is 509. The minimum atomic E-state index is 0.0115. The highest BCUT2D eigenvalue weighted by molar-refractivity contribution is 5.79. The molecule has 3 rings (SSSR count). The van der Waals surface area contributed by atoms with Crippen molar-refractivity contribution in [3.8, 4) is 0 Å². The molecule has 1 aromatic rings. The first-order valence-corrected chi connectivity index (χ1v) is 7.57. The van der Waals surface area contributed by atoms with Crippen molar-refractivity contribution in [2.45, 2.75) is 51.5 Å². The zero-order chi connectivity index (χ0) is 13.9. The lowest BCUT2D eigenvalue weighted by Gasteiger charge is -2.27. The smallest absolute Gasteiger partial charge is 0.226 e. The van der Waals surface area contributed by atoms with E-state index in [0.717, 1.165) is 45.1 Å². The molecule has 0 unspecified atom stereocenters. The molecule has 2 heterocycles. The number of carbonyl (C=O) groups excluding carboxylic acids is 1. The molecule has 0 N–H and O–H groups in total. The normalized spacial score (nSPS) is 26.1. The van der Waals surface area contributed by atoms with E-state index in [0.29, 0.717) is 11.7 Å². The molecule has 0 saturated carbocycles. The largest absolute Gasteiger partial charge is 0.339 e. The van der Waals surface area contributed by atoms with Gasteiger partial charge in [0.25, 0.3) is 0 Å². The van der Waals surface area contributed by atoms with Crippen molar-refractivity contribution >= 4 is 5.91 Å². The van der Waals surface area contributed by atoms with Gasteiger partial charge < -0.3 is 9.42 Å². The highest BCUT2D eigenvalue weighted by atomic mass is 16.5. The zero-order valence-corrected chi connectivity index (χ0v) is 11.9. The van der Waals surface area contributed by atoms with Crippen molar-refractivity contribution in [3.05, 3.63) is 23.9 Å². The van der Waals surface area contributed by atoms with Crippen LogP contribution in [0.5, 0.6) is 0 Å². The van der Waals surface area contributed by atoms with Crippen LogP contribution in [-0.4, -0.2) is 27.5 Å². The van der Waals surface area contributed by atoms with E-state index in [1.807, 2.05) is 11.8 Å². The predicted octanol–water partition coefficient (Wildman–Crippen LogP) is 2.65. The number of hydrogen-bond acceptors (Lipinski definition) is 4. The van der Waals surface area contributed by atoms with Crippen LogP contribution >= 0.6 is 0 Å². The summed E-state index contributed by atoms with van der Waals surface area (Å²) in [5.41, 5.74) is 0. The fourth-order valence-corrected chi connectivity index (χ4v) is 3.10. The molecule has 1 aliphatic carbocycles. The fourth-order valence-electron chi connectivity index (χ4n) is 3.10. The SMILES string of the molecule is CCc1nc([C@H]2CCCN2C(=O)[C@@H]2CC=CCC2)no1. The average molecular weight is 275 g/mol. The molecule has 1 amide bonds. The third-order valence-corrected chi connectivity index (χ3v) is 4.24. The van der Waals surface area contributed by atoms with E-state index in [1.165, 1.54) is 0 Å². The molecule has 0 bridgehead atoms. The van der Waals surface area contributed by atoms with Gasteiger partial charge in [-0.25, -0.2) is 0 Å². The lowest BCUT2D eigenvalue weighted by Crippen LogP contribution is -2.36. The number of amides is 1. The molecule has 1 aliphatic heterocycles. The zero-order valence-electron chi connectivity index (χ0n) is 11.9. The maximum absolute atomic E-state index is 12.7. The van der Waals surface area contributed by atoms with Gasteiger partial charge in [0.05, 0.1) is 6.04 Å². The van der Waals surface area contributed by atoms with Crippen LogP contribution in [0.4, 0.5) is 0 Å². The maximum atomic E-state index is 12.7. The van der Waals surface area contributed by atoms with Crippen molar-refractivity contribution in [1.29, 1.82) is 0 Å². The van der Waals surface area contributed by atoms with Crippen molar-refractivity contribution in [2.24, 2.45) is 5.92 Å². The maximum Gasteiger partial charge on any atom is 0.226 e. The molecule has 5 nitrogen and oxygen atoms in total. The molecule has 1 saturated heterocycles. The topological polar surface area (TPSA) is 59.2 Å². The Morgan fingerprint density at radius 2 is 2.35 bits per heavy atom. The van der Waals surface area contributed by atoms with E-state index < -0.39 is 0 Å². The van der Waals surface area contributed by atoms with Crippen LogP contribution in [0.3, 0.4) is 0 Å². The van der Waals surface area contributed by atoms with Gasteiger partial charge >= 0.3 is 0 Å². The summed E-state index contributed by atoms with van der Waals surface area (Å²) in [6.07, 6.45) is 9.84. The van der Waals surface area contributed by atoms with Crippen LogP contribution in [0, 0.1) is 5.92 Å². The second-order valence-electron chi connectivity index (χ2n) is 5.57. The summed E-state index contributed by atoms with van der Waals surface area (Å²) in [5, 5.41) is 4.05. The van der Waals surface area contributed by atoms with Crippen LogP contribution in [0.15, 0.2) is 16.7 Å². The molecule has 5 heteroatoms. The number of likely N-dealkylation sites (tertiary alicyclic amines) is 1. The van der Waals surface area contributed by atoms with Gasteiger partial charge in [-0.05, 0) is 32.1 Å². The van der Waals surface area contributed by atoms with E-state index >= 15 is 0 Å². The quantitative estimate of drug-likeness (QED) is 0.796. The van der Waals surface area contributed by atoms with Gasteiger partial charge in [-0.1, -0.05) is 24.2 Å². The standard InChI is InChI=1S/C15H21N3O2/c1-2-13-16-14(17-20-13)12-9-6-10-18(12)15(19)11-7-4-3-5-8-11/h3-4,11-12H,2,5-10H2,1H3/t11-,12-/m1/s1. The summed E-state index contributed by atoms with van der Waals surface area (Å²) in [6, 6.07) is 0.0115. The van der Waals surface area contributed by atoms with Crippen LogP contribution in [0.25, 0.3) is 0 Å². The summed E-state index contributed by atoms with van der Waals surface area (Å²) < 4.78 is 5.19. The van der Waals surface area contributed by atoms with Crippen LogP contribution in [-0.2, 0) is 11.2 Å². The van der Waals surface area contributed by atoms with Crippen molar-refractivity contribution < 1.29 is 9.32 Å². The van der Waals surface area contributed by atoms with Gasteiger partial charge in [0.1, 0.15) is 0 Å². The third-order valence-electron chi connectivity index (χ3n) is 4.24. The number of carbonyl (C=O) groups is 1. The summed E-state index contributed by atoms with van der Waals surface area (Å²) >= 11 is 0. The van der Waals surface area contributed by atoms with Gasteiger partial charge in [-0.2, -0.15) is 4.98 Å². The Morgan fingerprint density at radius 1 is 1.45 bits per heavy atom. The number of aromatic nitrogens is 2. The second-order valence-corrected chi connectivity index (χ2v) is 5.57. The van der Waals surface area contributed by atoms with Crippen molar-refractivity contribution in [2.75, 3.05) is 6.54 Å². The van der Waals surface area contributed by atoms with E-state index in [9.17, 15) is 4.79 Å².